The van der Waals surface area contributed by atoms with Gasteiger partial charge in [-0.2, -0.15) is 0 Å². The first kappa shape index (κ1) is 15.2. The molecule has 2 bridgehead atoms. The standard InChI is InChI=1S/C19H24N4O3/c1-3-26-19(25)17-21-16(22-23-17)6(2)20-18(24)15-12-8-5-9-11-7(8)4-10(12)13(11)14(9)15/h6-15H,3-5H2,1-2H3,(H,20,24)(H,21,22,23). The van der Waals surface area contributed by atoms with E-state index < -0.39 is 5.97 Å². The summed E-state index contributed by atoms with van der Waals surface area (Å²) in [4.78, 5) is 29.0. The Kier molecular flexibility index (Phi) is 2.84. The predicted molar refractivity (Wildman–Crippen MR) is 89.5 cm³/mol. The van der Waals surface area contributed by atoms with Gasteiger partial charge >= 0.3 is 5.97 Å². The fourth-order valence-corrected chi connectivity index (χ4v) is 7.96. The molecule has 0 aromatic carbocycles. The van der Waals surface area contributed by atoms with Gasteiger partial charge in [0.2, 0.25) is 5.91 Å². The van der Waals surface area contributed by atoms with Crippen LogP contribution in [0, 0.1) is 53.3 Å². The third-order valence-electron chi connectivity index (χ3n) is 8.36. The van der Waals surface area contributed by atoms with Gasteiger partial charge in [0, 0.05) is 5.92 Å². The molecule has 26 heavy (non-hydrogen) atoms. The van der Waals surface area contributed by atoms with E-state index in [1.54, 1.807) is 6.92 Å². The molecule has 5 aliphatic rings. The van der Waals surface area contributed by atoms with E-state index in [-0.39, 0.29) is 30.3 Å². The number of aromatic nitrogens is 3. The highest BCUT2D eigenvalue weighted by molar-refractivity contribution is 5.85. The van der Waals surface area contributed by atoms with Crippen molar-refractivity contribution in [3.63, 3.8) is 0 Å². The number of hydrogen-bond donors (Lipinski definition) is 2. The molecule has 0 saturated heterocycles. The van der Waals surface area contributed by atoms with Crippen LogP contribution in [0.4, 0.5) is 0 Å². The van der Waals surface area contributed by atoms with Crippen LogP contribution >= 0.6 is 0 Å². The van der Waals surface area contributed by atoms with E-state index in [1.807, 2.05) is 6.92 Å². The Morgan fingerprint density at radius 3 is 2.65 bits per heavy atom. The molecule has 7 nitrogen and oxygen atoms in total. The fourth-order valence-electron chi connectivity index (χ4n) is 7.96. The van der Waals surface area contributed by atoms with Crippen LogP contribution in [0.5, 0.6) is 0 Å². The number of carbonyl (C=O) groups is 2. The van der Waals surface area contributed by atoms with Crippen molar-refractivity contribution in [2.24, 2.45) is 53.3 Å². The third kappa shape index (κ3) is 1.61. The number of H-pyrrole nitrogens is 1. The maximum Gasteiger partial charge on any atom is 0.378 e. The molecule has 0 spiro atoms. The minimum Gasteiger partial charge on any atom is -0.460 e. The average Bonchev–Trinajstić information content (AvgIpc) is 3.29. The van der Waals surface area contributed by atoms with Crippen molar-refractivity contribution in [2.75, 3.05) is 6.61 Å². The lowest BCUT2D eigenvalue weighted by atomic mass is 9.57. The van der Waals surface area contributed by atoms with Crippen molar-refractivity contribution in [1.82, 2.24) is 20.5 Å². The van der Waals surface area contributed by atoms with E-state index in [2.05, 4.69) is 20.5 Å². The number of hydrogen-bond acceptors (Lipinski definition) is 5. The highest BCUT2D eigenvalue weighted by atomic mass is 16.5. The number of ether oxygens (including phenoxy) is 1. The summed E-state index contributed by atoms with van der Waals surface area (Å²) in [7, 11) is 0. The maximum absolute atomic E-state index is 13.1. The number of nitrogens with one attached hydrogen (secondary N) is 2. The molecule has 1 aromatic rings. The molecule has 5 fully saturated rings. The summed E-state index contributed by atoms with van der Waals surface area (Å²) >= 11 is 0. The average molecular weight is 356 g/mol. The highest BCUT2D eigenvalue weighted by Gasteiger charge is 2.81. The summed E-state index contributed by atoms with van der Waals surface area (Å²) in [5, 5.41) is 9.82. The third-order valence-corrected chi connectivity index (χ3v) is 8.36. The zero-order chi connectivity index (χ0) is 17.7. The minimum absolute atomic E-state index is 0.0172. The first-order chi connectivity index (χ1) is 12.6. The van der Waals surface area contributed by atoms with E-state index in [0.717, 1.165) is 35.5 Å². The van der Waals surface area contributed by atoms with Crippen LogP contribution in [0.2, 0.25) is 0 Å². The number of esters is 1. The van der Waals surface area contributed by atoms with Gasteiger partial charge in [-0.1, -0.05) is 0 Å². The van der Waals surface area contributed by atoms with Gasteiger partial charge in [0.1, 0.15) is 5.82 Å². The quantitative estimate of drug-likeness (QED) is 0.780. The maximum atomic E-state index is 13.1. The molecule has 7 heteroatoms. The van der Waals surface area contributed by atoms with Gasteiger partial charge in [0.15, 0.2) is 0 Å². The molecule has 5 saturated carbocycles. The van der Waals surface area contributed by atoms with E-state index in [1.165, 1.54) is 12.8 Å². The van der Waals surface area contributed by atoms with Gasteiger partial charge in [-0.05, 0) is 74.0 Å². The molecule has 0 radical (unpaired) electrons. The van der Waals surface area contributed by atoms with Crippen LogP contribution in [0.1, 0.15) is 49.2 Å². The molecule has 10 atom stereocenters. The second-order valence-electron chi connectivity index (χ2n) is 8.96. The van der Waals surface area contributed by atoms with Crippen LogP contribution in [-0.4, -0.2) is 33.7 Å². The zero-order valence-corrected chi connectivity index (χ0v) is 15.0. The molecule has 5 aliphatic carbocycles. The van der Waals surface area contributed by atoms with Crippen LogP contribution in [0.3, 0.4) is 0 Å². The summed E-state index contributed by atoms with van der Waals surface area (Å²) in [6.45, 7) is 3.91. The molecule has 1 aromatic heterocycles. The smallest absolute Gasteiger partial charge is 0.378 e. The van der Waals surface area contributed by atoms with Crippen molar-refractivity contribution in [1.29, 1.82) is 0 Å². The fraction of sp³-hybridized carbons (Fsp3) is 0.789. The van der Waals surface area contributed by atoms with Crippen LogP contribution in [0.25, 0.3) is 0 Å². The van der Waals surface area contributed by atoms with Crippen LogP contribution in [-0.2, 0) is 9.53 Å². The number of fused-ring (bicyclic) bond motifs is 2. The van der Waals surface area contributed by atoms with Gasteiger partial charge in [0.05, 0.1) is 12.6 Å². The molecule has 138 valence electrons. The second kappa shape index (κ2) is 4.87. The SMILES string of the molecule is CCOC(=O)c1n[nH]c(C(C)NC(=O)C2C3C4CC5C6C4CC3C6C52)n1. The van der Waals surface area contributed by atoms with Gasteiger partial charge in [-0.3, -0.25) is 9.89 Å². The summed E-state index contributed by atoms with van der Waals surface area (Å²) < 4.78 is 4.91. The summed E-state index contributed by atoms with van der Waals surface area (Å²) in [5.74, 6) is 6.84. The number of amides is 1. The van der Waals surface area contributed by atoms with Crippen LogP contribution in [0.15, 0.2) is 0 Å². The second-order valence-corrected chi connectivity index (χ2v) is 8.96. The first-order valence-corrected chi connectivity index (χ1v) is 10.00. The summed E-state index contributed by atoms with van der Waals surface area (Å²) in [6.07, 6.45) is 2.78. The molecule has 2 N–H and O–H groups in total. The molecule has 0 aliphatic heterocycles. The Labute approximate surface area is 151 Å². The Balaban J connectivity index is 1.17. The lowest BCUT2D eigenvalue weighted by molar-refractivity contribution is -0.133. The van der Waals surface area contributed by atoms with E-state index in [0.29, 0.717) is 17.7 Å². The molecule has 6 rings (SSSR count). The summed E-state index contributed by atoms with van der Waals surface area (Å²) in [5.41, 5.74) is 0. The Morgan fingerprint density at radius 2 is 1.88 bits per heavy atom. The van der Waals surface area contributed by atoms with Crippen molar-refractivity contribution < 1.29 is 14.3 Å². The van der Waals surface area contributed by atoms with Crippen molar-refractivity contribution in [3.05, 3.63) is 11.6 Å². The molecule has 10 unspecified atom stereocenters. The van der Waals surface area contributed by atoms with Gasteiger partial charge in [-0.15, -0.1) is 5.10 Å². The van der Waals surface area contributed by atoms with Crippen LogP contribution < -0.4 is 5.32 Å². The molecular weight excluding hydrogens is 332 g/mol. The Bertz CT molecular complexity index is 800. The van der Waals surface area contributed by atoms with Crippen molar-refractivity contribution in [3.8, 4) is 0 Å². The summed E-state index contributed by atoms with van der Waals surface area (Å²) in [6, 6.07) is -0.291. The van der Waals surface area contributed by atoms with Crippen molar-refractivity contribution >= 4 is 11.9 Å². The van der Waals surface area contributed by atoms with Crippen molar-refractivity contribution in [2.45, 2.75) is 32.7 Å². The van der Waals surface area contributed by atoms with E-state index in [4.69, 9.17) is 4.74 Å². The molecular formula is C19H24N4O3. The Morgan fingerprint density at radius 1 is 1.15 bits per heavy atom. The number of carbonyl (C=O) groups excluding carboxylic acids is 2. The minimum atomic E-state index is -0.543. The van der Waals surface area contributed by atoms with E-state index >= 15 is 0 Å². The first-order valence-electron chi connectivity index (χ1n) is 10.00. The highest BCUT2D eigenvalue weighted by Crippen LogP contribution is 2.84. The zero-order valence-electron chi connectivity index (χ0n) is 15.0. The Hall–Kier alpha value is -1.92. The van der Waals surface area contributed by atoms with Gasteiger partial charge < -0.3 is 10.1 Å². The lowest BCUT2D eigenvalue weighted by Gasteiger charge is -2.47. The van der Waals surface area contributed by atoms with Gasteiger partial charge in [0.25, 0.3) is 5.82 Å². The van der Waals surface area contributed by atoms with Gasteiger partial charge in [-0.25, -0.2) is 9.78 Å². The molecule has 1 amide bonds. The number of aromatic amines is 1. The topological polar surface area (TPSA) is 97.0 Å². The predicted octanol–water partition coefficient (Wildman–Crippen LogP) is 1.55. The largest absolute Gasteiger partial charge is 0.460 e. The normalized spacial score (nSPS) is 46.5. The lowest BCUT2D eigenvalue weighted by Crippen LogP contribution is -2.48. The number of rotatable bonds is 5. The molecule has 1 heterocycles. The number of nitrogens with zero attached hydrogens (tertiary/aromatic N) is 2. The van der Waals surface area contributed by atoms with E-state index in [9.17, 15) is 9.59 Å². The monoisotopic (exact) mass is 356 g/mol.